The quantitative estimate of drug-likeness (QED) is 0.192. The minimum absolute atomic E-state index is 0.102. The molecule has 0 aliphatic heterocycles. The number of carbonyl (C=O) groups excluding carboxylic acids is 3. The molecule has 0 bridgehead atoms. The van der Waals surface area contributed by atoms with Crippen molar-refractivity contribution in [3.63, 3.8) is 0 Å². The van der Waals surface area contributed by atoms with Crippen LogP contribution in [0.4, 0.5) is 11.5 Å². The molecule has 0 spiro atoms. The van der Waals surface area contributed by atoms with Crippen molar-refractivity contribution in [3.8, 4) is 17.5 Å². The van der Waals surface area contributed by atoms with E-state index in [4.69, 9.17) is 21.1 Å². The van der Waals surface area contributed by atoms with Crippen molar-refractivity contribution in [2.45, 2.75) is 20.1 Å². The van der Waals surface area contributed by atoms with Gasteiger partial charge in [-0.05, 0) is 48.5 Å². The third-order valence-corrected chi connectivity index (χ3v) is 7.39. The number of methoxy groups -OCH3 is 1. The highest BCUT2D eigenvalue weighted by Gasteiger charge is 2.21. The van der Waals surface area contributed by atoms with Gasteiger partial charge in [0.1, 0.15) is 29.4 Å². The number of ether oxygens (including phenoxy) is 2. The molecule has 5 rings (SSSR count). The minimum atomic E-state index is -0.525. The van der Waals surface area contributed by atoms with Crippen molar-refractivity contribution in [2.75, 3.05) is 30.9 Å². The van der Waals surface area contributed by atoms with E-state index in [0.717, 1.165) is 11.2 Å². The highest BCUT2D eigenvalue weighted by atomic mass is 35.5. The van der Waals surface area contributed by atoms with E-state index in [2.05, 4.69) is 25.6 Å². The van der Waals surface area contributed by atoms with E-state index < -0.39 is 11.8 Å². The Labute approximate surface area is 268 Å². The first kappa shape index (κ1) is 31.7. The zero-order valence-corrected chi connectivity index (χ0v) is 25.9. The van der Waals surface area contributed by atoms with Crippen LogP contribution in [0, 0.1) is 0 Å². The minimum Gasteiger partial charge on any atom is -0.507 e. The Morgan fingerprint density at radius 1 is 1.04 bits per heavy atom. The number of likely N-dealkylation sites (N-methyl/N-ethyl adjacent to an activating group) is 1. The Bertz CT molecular complexity index is 1900. The van der Waals surface area contributed by atoms with Crippen LogP contribution in [0.15, 0.2) is 73.1 Å². The van der Waals surface area contributed by atoms with Gasteiger partial charge in [-0.25, -0.2) is 4.98 Å². The Hall–Kier alpha value is -5.69. The fraction of sp³-hybridized carbons (Fsp3) is 0.188. The van der Waals surface area contributed by atoms with E-state index in [9.17, 15) is 19.5 Å². The Balaban J connectivity index is 1.28. The molecule has 0 radical (unpaired) electrons. The molecule has 14 heteroatoms. The van der Waals surface area contributed by atoms with Crippen molar-refractivity contribution in [3.05, 3.63) is 94.9 Å². The fourth-order valence-electron chi connectivity index (χ4n) is 4.62. The lowest BCUT2D eigenvalue weighted by Crippen LogP contribution is -2.38. The summed E-state index contributed by atoms with van der Waals surface area (Å²) in [6, 6.07) is 17.4. The van der Waals surface area contributed by atoms with Crippen LogP contribution in [0.2, 0.25) is 5.02 Å². The Morgan fingerprint density at radius 3 is 2.57 bits per heavy atom. The number of anilines is 2. The number of pyridine rings is 2. The van der Waals surface area contributed by atoms with Crippen LogP contribution in [0.3, 0.4) is 0 Å². The summed E-state index contributed by atoms with van der Waals surface area (Å²) in [7, 11) is 3.04. The predicted molar refractivity (Wildman–Crippen MR) is 171 cm³/mol. The maximum absolute atomic E-state index is 13.0. The van der Waals surface area contributed by atoms with Crippen LogP contribution in [-0.2, 0) is 22.7 Å². The van der Waals surface area contributed by atoms with Crippen molar-refractivity contribution in [1.82, 2.24) is 24.8 Å². The van der Waals surface area contributed by atoms with Gasteiger partial charge in [-0.2, -0.15) is 4.98 Å². The maximum atomic E-state index is 13.0. The summed E-state index contributed by atoms with van der Waals surface area (Å²) >= 11 is 6.68. The number of aromatic hydroxyl groups is 1. The number of nitrogens with one attached hydrogen (secondary N) is 2. The van der Waals surface area contributed by atoms with Crippen LogP contribution in [0.5, 0.6) is 17.5 Å². The highest BCUT2D eigenvalue weighted by Crippen LogP contribution is 2.36. The molecule has 3 aromatic heterocycles. The van der Waals surface area contributed by atoms with Crippen molar-refractivity contribution in [1.29, 1.82) is 0 Å². The molecule has 0 saturated carbocycles. The summed E-state index contributed by atoms with van der Waals surface area (Å²) in [5.41, 5.74) is 2.90. The second kappa shape index (κ2) is 13.9. The summed E-state index contributed by atoms with van der Waals surface area (Å²) in [6.45, 7) is 1.31. The smallest absolute Gasteiger partial charge is 0.297 e. The molecular formula is C32H30ClN7O6. The molecule has 3 N–H and O–H groups in total. The van der Waals surface area contributed by atoms with Gasteiger partial charge in [-0.1, -0.05) is 23.7 Å². The lowest BCUT2D eigenvalue weighted by atomic mass is 10.1. The number of imidazole rings is 1. The molecule has 5 aromatic rings. The molecule has 2 aromatic carbocycles. The lowest BCUT2D eigenvalue weighted by molar-refractivity contribution is -0.117. The van der Waals surface area contributed by atoms with Gasteiger partial charge in [-0.3, -0.25) is 23.9 Å². The van der Waals surface area contributed by atoms with Gasteiger partial charge in [0.25, 0.3) is 11.9 Å². The van der Waals surface area contributed by atoms with Crippen molar-refractivity contribution in [2.24, 2.45) is 0 Å². The number of hydrogen-bond donors (Lipinski definition) is 3. The van der Waals surface area contributed by atoms with Crippen LogP contribution in [0.1, 0.15) is 28.5 Å². The van der Waals surface area contributed by atoms with E-state index in [-0.39, 0.29) is 41.0 Å². The third kappa shape index (κ3) is 7.00. The van der Waals surface area contributed by atoms with E-state index in [1.54, 1.807) is 12.3 Å². The van der Waals surface area contributed by atoms with Crippen molar-refractivity contribution < 1.29 is 29.0 Å². The molecule has 0 aliphatic rings. The summed E-state index contributed by atoms with van der Waals surface area (Å²) in [5, 5.41) is 15.8. The number of benzene rings is 2. The molecular weight excluding hydrogens is 614 g/mol. The zero-order chi connectivity index (χ0) is 32.8. The zero-order valence-electron chi connectivity index (χ0n) is 25.2. The number of rotatable bonds is 11. The van der Waals surface area contributed by atoms with Gasteiger partial charge < -0.3 is 30.1 Å². The van der Waals surface area contributed by atoms with Crippen LogP contribution >= 0.6 is 11.6 Å². The number of phenolic OH excluding ortho intramolecular Hbond substituents is 1. The number of carbonyl (C=O) groups is 3. The van der Waals surface area contributed by atoms with E-state index >= 15 is 0 Å². The van der Waals surface area contributed by atoms with E-state index in [0.29, 0.717) is 35.3 Å². The number of hydrogen-bond acceptors (Lipinski definition) is 9. The van der Waals surface area contributed by atoms with Gasteiger partial charge in [0.2, 0.25) is 11.8 Å². The number of fused-ring (bicyclic) bond motifs is 1. The van der Waals surface area contributed by atoms with Gasteiger partial charge >= 0.3 is 0 Å². The molecule has 236 valence electrons. The molecule has 46 heavy (non-hydrogen) atoms. The van der Waals surface area contributed by atoms with Crippen LogP contribution in [-0.4, -0.2) is 63.0 Å². The summed E-state index contributed by atoms with van der Waals surface area (Å²) < 4.78 is 13.5. The second-order valence-corrected chi connectivity index (χ2v) is 10.4. The predicted octanol–water partition coefficient (Wildman–Crippen LogP) is 4.17. The Morgan fingerprint density at radius 2 is 1.87 bits per heavy atom. The average Bonchev–Trinajstić information content (AvgIpc) is 3.41. The summed E-state index contributed by atoms with van der Waals surface area (Å²) in [4.78, 5) is 51.0. The van der Waals surface area contributed by atoms with Crippen molar-refractivity contribution >= 4 is 51.9 Å². The number of nitrogens with zero attached hydrogens (tertiary/aromatic N) is 5. The second-order valence-electron chi connectivity index (χ2n) is 10.1. The highest BCUT2D eigenvalue weighted by molar-refractivity contribution is 6.34. The first-order valence-electron chi connectivity index (χ1n) is 14.0. The van der Waals surface area contributed by atoms with Gasteiger partial charge in [0.05, 0.1) is 53.2 Å². The monoisotopic (exact) mass is 643 g/mol. The van der Waals surface area contributed by atoms with Crippen LogP contribution < -0.4 is 25.0 Å². The van der Waals surface area contributed by atoms with Crippen LogP contribution in [0.25, 0.3) is 11.0 Å². The molecule has 0 unspecified atom stereocenters. The van der Waals surface area contributed by atoms with E-state index in [1.165, 1.54) is 56.4 Å². The topological polar surface area (TPSA) is 161 Å². The molecule has 13 nitrogen and oxygen atoms in total. The van der Waals surface area contributed by atoms with Gasteiger partial charge in [-0.15, -0.1) is 0 Å². The number of phenols is 1. The largest absolute Gasteiger partial charge is 0.507 e. The number of aromatic nitrogens is 4. The standard InChI is InChI=1S/C32H30ClN7O6/c1-19(41)37-27-13-10-20(15-35-27)31(44)36-16-28(43)39(2)23-11-12-25(42)22(29(23)33)18-46-26-9-6-8-24-30(26)38-32(45-3)40(24)17-21-7-4-5-14-34-21/h4-15,42H,16-18H2,1-3H3,(H,36,44)(H,35,37,41). The maximum Gasteiger partial charge on any atom is 0.297 e. The lowest BCUT2D eigenvalue weighted by Gasteiger charge is -2.21. The summed E-state index contributed by atoms with van der Waals surface area (Å²) in [6.07, 6.45) is 3.01. The summed E-state index contributed by atoms with van der Waals surface area (Å²) in [5.74, 6) is -0.669. The van der Waals surface area contributed by atoms with Gasteiger partial charge in [0, 0.05) is 26.4 Å². The number of halogens is 1. The number of para-hydroxylation sites is 1. The normalized spacial score (nSPS) is 10.8. The average molecular weight is 644 g/mol. The van der Waals surface area contributed by atoms with Gasteiger partial charge in [0.15, 0.2) is 0 Å². The van der Waals surface area contributed by atoms with E-state index in [1.807, 2.05) is 34.9 Å². The third-order valence-electron chi connectivity index (χ3n) is 6.97. The molecule has 0 atom stereocenters. The molecule has 0 fully saturated rings. The number of amides is 3. The first-order chi connectivity index (χ1) is 22.2. The molecule has 0 saturated heterocycles. The molecule has 3 amide bonds. The fourth-order valence-corrected chi connectivity index (χ4v) is 4.96. The molecule has 0 aliphatic carbocycles. The molecule has 3 heterocycles. The Kier molecular flexibility index (Phi) is 9.62. The first-order valence-corrected chi connectivity index (χ1v) is 14.4. The SMILES string of the molecule is COc1nc2c(OCc3c(O)ccc(N(C)C(=O)CNC(=O)c4ccc(NC(C)=O)nc4)c3Cl)cccc2n1Cc1ccccn1.